The van der Waals surface area contributed by atoms with Gasteiger partial charge in [0, 0.05) is 33.3 Å². The van der Waals surface area contributed by atoms with Gasteiger partial charge in [-0.15, -0.1) is 23.3 Å². The van der Waals surface area contributed by atoms with Crippen LogP contribution >= 0.6 is 0 Å². The monoisotopic (exact) mass is 568 g/mol. The van der Waals surface area contributed by atoms with Gasteiger partial charge in [0.1, 0.15) is 25.0 Å². The zero-order chi connectivity index (χ0) is 24.6. The van der Waals surface area contributed by atoms with E-state index in [1.165, 1.54) is 0 Å². The molecular weight excluding hydrogens is 531 g/mol. The molecule has 0 aromatic heterocycles. The average molecular weight is 568 g/mol. The summed E-state index contributed by atoms with van der Waals surface area (Å²) in [5, 5.41) is 14.8. The topological polar surface area (TPSA) is 149 Å². The fourth-order valence-corrected chi connectivity index (χ4v) is 2.97. The van der Waals surface area contributed by atoms with Crippen molar-refractivity contribution < 1.29 is 54.2 Å². The second-order valence-electron chi connectivity index (χ2n) is 8.54. The molecule has 9 nitrogen and oxygen atoms in total. The maximum absolute atomic E-state index is 9.00. The zero-order valence-electron chi connectivity index (χ0n) is 21.1. The first-order valence-corrected chi connectivity index (χ1v) is 10.7. The number of carboxylic acid groups (broad SMARTS) is 2. The summed E-state index contributed by atoms with van der Waals surface area (Å²) in [5.41, 5.74) is 4.10. The Morgan fingerprint density at radius 1 is 0.882 bits per heavy atom. The van der Waals surface area contributed by atoms with E-state index in [9.17, 15) is 0 Å². The summed E-state index contributed by atoms with van der Waals surface area (Å²) in [4.78, 5) is 27.5. The minimum atomic E-state index is -0.833. The molecule has 0 aliphatic carbocycles. The van der Waals surface area contributed by atoms with Gasteiger partial charge in [-0.25, -0.2) is 0 Å². The normalized spacial score (nSPS) is 17.9. The van der Waals surface area contributed by atoms with E-state index in [1.807, 2.05) is 0 Å². The standard InChI is InChI=1S/C20H27N2O2.2C2H4O2.H2O.Rh/c1-11(2)17-9-23-19(21-17)15-8-16(14(6)7-13(15)5)20-22-18(10-24-20)12(3)4;2*1-2(3)4;;/h7,11-12,17-18H,9-10H2,1-6H3;2*1H3,(H,3,4);1H2;/q-1;;;;/t17-,18-;;;;/m1..../s1. The Bertz CT molecular complexity index is 807. The van der Waals surface area contributed by atoms with Crippen LogP contribution in [0.2, 0.25) is 0 Å². The van der Waals surface area contributed by atoms with Crippen molar-refractivity contribution in [3.63, 3.8) is 0 Å². The average Bonchev–Trinajstić information content (AvgIpc) is 3.31. The van der Waals surface area contributed by atoms with E-state index in [-0.39, 0.29) is 37.0 Å². The number of nitrogens with zero attached hydrogens (tertiary/aromatic N) is 2. The van der Waals surface area contributed by atoms with Crippen molar-refractivity contribution in [2.75, 3.05) is 13.2 Å². The predicted molar refractivity (Wildman–Crippen MR) is 127 cm³/mol. The number of benzene rings is 1. The van der Waals surface area contributed by atoms with Crippen molar-refractivity contribution in [3.8, 4) is 0 Å². The van der Waals surface area contributed by atoms with E-state index in [0.717, 1.165) is 36.1 Å². The Morgan fingerprint density at radius 2 is 1.18 bits per heavy atom. The molecular formula is C24H37N2O7Rh-. The van der Waals surface area contributed by atoms with Crippen LogP contribution in [0.1, 0.15) is 63.8 Å². The number of hydrogen-bond acceptors (Lipinski definition) is 6. The summed E-state index contributed by atoms with van der Waals surface area (Å²) in [6.07, 6.45) is 0. The molecule has 1 radical (unpaired) electrons. The first-order valence-electron chi connectivity index (χ1n) is 10.7. The maximum Gasteiger partial charge on any atom is 0.300 e. The predicted octanol–water partition coefficient (Wildman–Crippen LogP) is 3.06. The van der Waals surface area contributed by atoms with Crippen LogP contribution in [0.3, 0.4) is 0 Å². The first-order chi connectivity index (χ1) is 14.8. The van der Waals surface area contributed by atoms with E-state index < -0.39 is 11.9 Å². The molecule has 0 spiro atoms. The van der Waals surface area contributed by atoms with Crippen molar-refractivity contribution in [2.45, 2.75) is 67.5 Å². The molecule has 3 rings (SSSR count). The quantitative estimate of drug-likeness (QED) is 0.421. The van der Waals surface area contributed by atoms with Crippen LogP contribution in [-0.4, -0.2) is 64.7 Å². The Morgan fingerprint density at radius 3 is 1.41 bits per heavy atom. The van der Waals surface area contributed by atoms with Gasteiger partial charge in [-0.3, -0.25) is 19.6 Å². The Kier molecular flexibility index (Phi) is 15.5. The molecule has 1 aromatic carbocycles. The first kappa shape index (κ1) is 33.9. The van der Waals surface area contributed by atoms with E-state index in [2.05, 4.69) is 53.7 Å². The van der Waals surface area contributed by atoms with Gasteiger partial charge in [0.2, 0.25) is 0 Å². The molecule has 195 valence electrons. The Balaban J connectivity index is 0. The van der Waals surface area contributed by atoms with Gasteiger partial charge < -0.3 is 25.2 Å². The summed E-state index contributed by atoms with van der Waals surface area (Å²) >= 11 is 0. The maximum atomic E-state index is 9.00. The van der Waals surface area contributed by atoms with E-state index in [1.54, 1.807) is 0 Å². The van der Waals surface area contributed by atoms with Gasteiger partial charge in [-0.1, -0.05) is 52.7 Å². The van der Waals surface area contributed by atoms with Crippen LogP contribution in [0.15, 0.2) is 16.1 Å². The van der Waals surface area contributed by atoms with E-state index >= 15 is 0 Å². The number of aliphatic carboxylic acids is 2. The number of aryl methyl sites for hydroxylation is 2. The smallest absolute Gasteiger partial charge is 0.300 e. The molecule has 1 aromatic rings. The molecule has 4 N–H and O–H groups in total. The van der Waals surface area contributed by atoms with E-state index in [0.29, 0.717) is 36.8 Å². The van der Waals surface area contributed by atoms with Crippen LogP contribution in [0.5, 0.6) is 0 Å². The van der Waals surface area contributed by atoms with Gasteiger partial charge in [-0.05, 0) is 11.8 Å². The van der Waals surface area contributed by atoms with Crippen LogP contribution in [-0.2, 0) is 38.5 Å². The fourth-order valence-electron chi connectivity index (χ4n) is 2.97. The molecule has 2 aliphatic heterocycles. The summed E-state index contributed by atoms with van der Waals surface area (Å²) in [7, 11) is 0. The molecule has 0 saturated heterocycles. The summed E-state index contributed by atoms with van der Waals surface area (Å²) in [6.45, 7) is 16.3. The second kappa shape index (κ2) is 15.6. The third-order valence-electron chi connectivity index (χ3n) is 4.79. The van der Waals surface area contributed by atoms with Crippen molar-refractivity contribution in [2.24, 2.45) is 21.8 Å². The fraction of sp³-hybridized carbons (Fsp3) is 0.583. The SMILES string of the molecule is CC(=O)O.CC(=O)O.Cc1cc(C)c(C2=N[C@@H](C(C)C)CO2)[c-]c1C1=N[C@@H](C(C)C)CO1.O.[Rh]. The van der Waals surface area contributed by atoms with E-state index in [4.69, 9.17) is 39.3 Å². The van der Waals surface area contributed by atoms with Gasteiger partial charge in [0.05, 0.1) is 12.1 Å². The number of hydrogen-bond donors (Lipinski definition) is 2. The molecule has 2 heterocycles. The summed E-state index contributed by atoms with van der Waals surface area (Å²) < 4.78 is 11.7. The minimum Gasteiger partial charge on any atom is -0.509 e. The zero-order valence-corrected chi connectivity index (χ0v) is 22.7. The number of rotatable bonds is 4. The third-order valence-corrected chi connectivity index (χ3v) is 4.79. The van der Waals surface area contributed by atoms with Crippen molar-refractivity contribution in [1.29, 1.82) is 0 Å². The van der Waals surface area contributed by atoms with Gasteiger partial charge in [-0.2, -0.15) is 0 Å². The minimum absolute atomic E-state index is 0. The summed E-state index contributed by atoms with van der Waals surface area (Å²) in [5.74, 6) is 0.682. The largest absolute Gasteiger partial charge is 0.509 e. The van der Waals surface area contributed by atoms with Crippen molar-refractivity contribution >= 4 is 23.7 Å². The third kappa shape index (κ3) is 10.7. The van der Waals surface area contributed by atoms with Crippen LogP contribution in [0, 0.1) is 31.7 Å². The molecule has 10 heteroatoms. The summed E-state index contributed by atoms with van der Waals surface area (Å²) in [6, 6.07) is 6.07. The number of ether oxygens (including phenoxy) is 2. The van der Waals surface area contributed by atoms with Gasteiger partial charge in [0.25, 0.3) is 11.9 Å². The number of aliphatic imine (C=N–C) groups is 2. The molecule has 0 fully saturated rings. The van der Waals surface area contributed by atoms with Gasteiger partial charge >= 0.3 is 0 Å². The number of carbonyl (C=O) groups is 2. The molecule has 34 heavy (non-hydrogen) atoms. The molecule has 0 saturated carbocycles. The Labute approximate surface area is 214 Å². The van der Waals surface area contributed by atoms with Crippen LogP contribution < -0.4 is 0 Å². The molecule has 0 unspecified atom stereocenters. The molecule has 2 aliphatic rings. The molecule has 0 bridgehead atoms. The van der Waals surface area contributed by atoms with Crippen molar-refractivity contribution in [1.82, 2.24) is 0 Å². The van der Waals surface area contributed by atoms with Crippen molar-refractivity contribution in [3.05, 3.63) is 34.4 Å². The molecule has 0 amide bonds. The Hall–Kier alpha value is -2.32. The second-order valence-corrected chi connectivity index (χ2v) is 8.54. The van der Waals surface area contributed by atoms with Crippen LogP contribution in [0.25, 0.3) is 0 Å². The molecule has 2 atom stereocenters. The number of carboxylic acids is 2. The van der Waals surface area contributed by atoms with Crippen LogP contribution in [0.4, 0.5) is 0 Å². The van der Waals surface area contributed by atoms with Gasteiger partial charge in [0.15, 0.2) is 0 Å².